The molecule has 5 saturated heterocycles. The fraction of sp³-hybridized carbons (Fsp3) is 0.414. The number of ketones is 2. The normalized spacial score (nSPS) is 19.5. The van der Waals surface area contributed by atoms with E-state index in [0.717, 1.165) is 205 Å². The number of benzene rings is 11. The molecule has 0 atom stereocenters. The van der Waals surface area contributed by atoms with Crippen LogP contribution < -0.4 is 29.4 Å². The number of rotatable bonds is 17. The molecule has 9 aliphatic rings. The maximum atomic E-state index is 12.1. The lowest BCUT2D eigenvalue weighted by Gasteiger charge is -2.56. The third-order valence-corrected chi connectivity index (χ3v) is 26.1. The molecule has 0 radical (unpaired) electrons. The number of nitrogen functional groups attached to an aromatic ring is 1. The molecule has 4 aliphatic carbocycles. The molecular formula is C116H148N6O7. The molecule has 2 N–H and O–H groups in total. The van der Waals surface area contributed by atoms with Gasteiger partial charge in [-0.15, -0.1) is 0 Å². The molecule has 0 aromatic heterocycles. The number of aryl methyl sites for hydroxylation is 4. The van der Waals surface area contributed by atoms with E-state index in [-0.39, 0.29) is 11.2 Å². The topological polar surface area (TPSA) is 123 Å². The summed E-state index contributed by atoms with van der Waals surface area (Å²) in [7, 11) is 10.8. The highest BCUT2D eigenvalue weighted by molar-refractivity contribution is 5.95. The molecule has 684 valence electrons. The van der Waals surface area contributed by atoms with Crippen LogP contribution >= 0.6 is 0 Å². The van der Waals surface area contributed by atoms with Gasteiger partial charge >= 0.3 is 0 Å². The molecule has 129 heavy (non-hydrogen) atoms. The van der Waals surface area contributed by atoms with Crippen molar-refractivity contribution in [3.63, 3.8) is 0 Å². The van der Waals surface area contributed by atoms with Crippen molar-refractivity contribution in [2.45, 2.75) is 188 Å². The highest BCUT2D eigenvalue weighted by atomic mass is 16.5. The first kappa shape index (κ1) is 98.9. The summed E-state index contributed by atoms with van der Waals surface area (Å²) in [6.45, 7) is 23.7. The van der Waals surface area contributed by atoms with Gasteiger partial charge in [0.1, 0.15) is 65.1 Å². The van der Waals surface area contributed by atoms with Crippen molar-refractivity contribution in [2.24, 2.45) is 23.2 Å². The van der Waals surface area contributed by atoms with E-state index in [1.54, 1.807) is 0 Å². The Labute approximate surface area is 774 Å². The van der Waals surface area contributed by atoms with Gasteiger partial charge in [0.15, 0.2) is 5.78 Å². The van der Waals surface area contributed by atoms with Crippen LogP contribution in [0.15, 0.2) is 297 Å². The lowest BCUT2D eigenvalue weighted by molar-refractivity contribution is -0.143. The SMILES string of the molecule is CCC(=O)C12CC3CC(CC(C3)C1)C2.CCC(=O)c1ccccc1.CN1CCC(Oc2cccc(-c3cccc(N)c3)c2)CC1.CN1CCC(Oc2ccccc2)CC1.CN1CCC(Oc2ccccc2)CC1.Cc1ccc(-c2ccc(OC3CCN(C)CC3)cc2)cc1.Cc1cccc(-c2ccc(OC3CCN(C)CC3)cc2)c1.Cc1ccccc1.Cc1ccccc1. The second-order valence-corrected chi connectivity index (χ2v) is 37.1. The fourth-order valence-corrected chi connectivity index (χ4v) is 18.7. The minimum absolute atomic E-state index is 0.170. The Hall–Kier alpha value is -10.6. The number of nitrogens with zero attached hydrogens (tertiary/aromatic N) is 5. The van der Waals surface area contributed by atoms with E-state index < -0.39 is 0 Å². The Morgan fingerprint density at radius 1 is 0.287 bits per heavy atom. The molecule has 0 spiro atoms. The van der Waals surface area contributed by atoms with Crippen molar-refractivity contribution in [1.29, 1.82) is 0 Å². The summed E-state index contributed by atoms with van der Waals surface area (Å²) in [5, 5.41) is 0. The smallest absolute Gasteiger partial charge is 0.162 e. The average Bonchev–Trinajstić information content (AvgIpc) is 0.740. The minimum Gasteiger partial charge on any atom is -0.490 e. The molecule has 5 heterocycles. The number of hydrogen-bond donors (Lipinski definition) is 1. The highest BCUT2D eigenvalue weighted by Crippen LogP contribution is 2.60. The number of carbonyl (C=O) groups is 2. The largest absolute Gasteiger partial charge is 0.490 e. The van der Waals surface area contributed by atoms with Crippen molar-refractivity contribution >= 4 is 17.3 Å². The molecule has 13 heteroatoms. The zero-order chi connectivity index (χ0) is 91.0. The van der Waals surface area contributed by atoms with E-state index in [9.17, 15) is 9.59 Å². The van der Waals surface area contributed by atoms with Gasteiger partial charge in [-0.05, 0) is 290 Å². The Morgan fingerprint density at radius 2 is 0.558 bits per heavy atom. The second kappa shape index (κ2) is 52.9. The summed E-state index contributed by atoms with van der Waals surface area (Å²) >= 11 is 0. The van der Waals surface area contributed by atoms with Crippen molar-refractivity contribution < 1.29 is 33.3 Å². The van der Waals surface area contributed by atoms with Crippen LogP contribution in [0.25, 0.3) is 33.4 Å². The predicted octanol–water partition coefficient (Wildman–Crippen LogP) is 25.4. The molecule has 13 nitrogen and oxygen atoms in total. The van der Waals surface area contributed by atoms with Crippen molar-refractivity contribution in [3.8, 4) is 62.1 Å². The van der Waals surface area contributed by atoms with Gasteiger partial charge in [0.25, 0.3) is 0 Å². The summed E-state index contributed by atoms with van der Waals surface area (Å²) in [5.41, 5.74) is 20.1. The number of nitrogens with two attached hydrogens (primary N) is 1. The average molecular weight is 1740 g/mol. The molecule has 5 aliphatic heterocycles. The first-order valence-electron chi connectivity index (χ1n) is 48.0. The van der Waals surface area contributed by atoms with Gasteiger partial charge in [0.05, 0.1) is 0 Å². The minimum atomic E-state index is 0.170. The van der Waals surface area contributed by atoms with Crippen LogP contribution in [0.1, 0.15) is 162 Å². The van der Waals surface area contributed by atoms with Crippen LogP contribution in [0.5, 0.6) is 28.7 Å². The van der Waals surface area contributed by atoms with Gasteiger partial charge in [0, 0.05) is 95.0 Å². The number of likely N-dealkylation sites (tertiary alicyclic amines) is 5. The van der Waals surface area contributed by atoms with Gasteiger partial charge in [-0.2, -0.15) is 0 Å². The summed E-state index contributed by atoms with van der Waals surface area (Å²) in [6.07, 6.45) is 22.5. The monoisotopic (exact) mass is 1740 g/mol. The molecule has 9 fully saturated rings. The molecule has 0 unspecified atom stereocenters. The van der Waals surface area contributed by atoms with Crippen LogP contribution in [0.3, 0.4) is 0 Å². The third-order valence-electron chi connectivity index (χ3n) is 26.1. The second-order valence-electron chi connectivity index (χ2n) is 37.1. The van der Waals surface area contributed by atoms with Crippen LogP contribution in [-0.2, 0) is 4.79 Å². The van der Waals surface area contributed by atoms with Crippen LogP contribution in [0.2, 0.25) is 0 Å². The molecule has 4 saturated carbocycles. The van der Waals surface area contributed by atoms with Gasteiger partial charge in [-0.3, -0.25) is 9.59 Å². The number of carbonyl (C=O) groups excluding carboxylic acids is 2. The molecule has 11 aromatic carbocycles. The molecule has 20 rings (SSSR count). The van der Waals surface area contributed by atoms with Crippen molar-refractivity contribution in [1.82, 2.24) is 24.5 Å². The lowest BCUT2D eigenvalue weighted by atomic mass is 9.48. The molecule has 11 aromatic rings. The molecular weight excluding hydrogens is 1590 g/mol. The van der Waals surface area contributed by atoms with Crippen molar-refractivity contribution in [3.05, 3.63) is 325 Å². The zero-order valence-corrected chi connectivity index (χ0v) is 79.4. The van der Waals surface area contributed by atoms with Crippen LogP contribution in [-0.4, -0.2) is 167 Å². The van der Waals surface area contributed by atoms with Gasteiger partial charge in [-0.25, -0.2) is 0 Å². The molecule has 4 bridgehead atoms. The van der Waals surface area contributed by atoms with E-state index in [1.807, 2.05) is 172 Å². The fourth-order valence-electron chi connectivity index (χ4n) is 18.7. The maximum absolute atomic E-state index is 12.1. The highest BCUT2D eigenvalue weighted by Gasteiger charge is 2.53. The number of Topliss-reactive ketones (excluding diaryl/α,β-unsaturated/α-hetero) is 2. The van der Waals surface area contributed by atoms with E-state index in [0.29, 0.717) is 42.7 Å². The Morgan fingerprint density at radius 3 is 0.884 bits per heavy atom. The predicted molar refractivity (Wildman–Crippen MR) is 537 cm³/mol. The summed E-state index contributed by atoms with van der Waals surface area (Å²) in [4.78, 5) is 34.9. The van der Waals surface area contributed by atoms with E-state index in [1.165, 1.54) is 83.0 Å². The number of hydrogen-bond acceptors (Lipinski definition) is 13. The number of ether oxygens (including phenoxy) is 5. The Bertz CT molecular complexity index is 4810. The number of piperidine rings is 5. The van der Waals surface area contributed by atoms with Crippen LogP contribution in [0, 0.1) is 50.9 Å². The first-order chi connectivity index (χ1) is 62.6. The van der Waals surface area contributed by atoms with Gasteiger partial charge < -0.3 is 53.9 Å². The summed E-state index contributed by atoms with van der Waals surface area (Å²) in [5.74, 6) is 8.46. The van der Waals surface area contributed by atoms with E-state index in [4.69, 9.17) is 29.4 Å². The lowest BCUT2D eigenvalue weighted by Crippen LogP contribution is -2.49. The summed E-state index contributed by atoms with van der Waals surface area (Å²) in [6, 6.07) is 101. The van der Waals surface area contributed by atoms with Gasteiger partial charge in [-0.1, -0.05) is 261 Å². The van der Waals surface area contributed by atoms with Crippen LogP contribution in [0.4, 0.5) is 5.69 Å². The Balaban J connectivity index is 0.000000143. The maximum Gasteiger partial charge on any atom is 0.162 e. The zero-order valence-electron chi connectivity index (χ0n) is 79.4. The Kier molecular flexibility index (Phi) is 40.6. The third kappa shape index (κ3) is 34.6. The summed E-state index contributed by atoms with van der Waals surface area (Å²) < 4.78 is 30.1. The quantitative estimate of drug-likeness (QED) is 0.0688. The first-order valence-corrected chi connectivity index (χ1v) is 48.0. The van der Waals surface area contributed by atoms with Crippen molar-refractivity contribution in [2.75, 3.05) is 106 Å². The van der Waals surface area contributed by atoms with Gasteiger partial charge in [0.2, 0.25) is 0 Å². The standard InChI is InChI=1S/2C19H23NO.C18H22N2O.C13H20O.2C12H17NO.C9H10O.2C7H8/c1-15-3-5-16(6-4-15)17-7-9-18(10-8-17)21-19-11-13-20(2)14-12-19;1-15-4-3-5-17(14-15)16-6-8-18(9-7-16)21-19-10-12-20(2)13-11-19;1-20-10-8-17(9-11-20)21-18-7-3-5-15(13-18)14-4-2-6-16(19)12-14;1-2-12(14)13-6-9-3-10(7-13)5-11(4-9)8-13;2*1-13-9-7-12(8-10-13)14-11-5-3-2-4-6-11;1-2-9(10)8-6-4-3-5-7-8;2*1-7-5-3-2-4-6-7/h3-10,19H,11-14H2,1-2H3;3-9,14,19H,10-13H2,1-2H3;2-7,12-13,17H,8-11,19H2,1H3;9-11H,2-8H2,1H3;2*2-6,12H,7-10H2,1H3;3-7H,2H2,1H3;2*2-6H,1H3. The molecule has 0 amide bonds. The van der Waals surface area contributed by atoms with E-state index >= 15 is 0 Å². The number of para-hydroxylation sites is 2. The van der Waals surface area contributed by atoms with E-state index in [2.05, 4.69) is 227 Å². The number of anilines is 1.